The van der Waals surface area contributed by atoms with Gasteiger partial charge in [-0.15, -0.1) is 5.92 Å². The van der Waals surface area contributed by atoms with Gasteiger partial charge >= 0.3 is 0 Å². The topological polar surface area (TPSA) is 126 Å². The Bertz CT molecular complexity index is 1770. The molecular weight excluding hydrogens is 668 g/mol. The maximum absolute atomic E-state index is 14.6. The van der Waals surface area contributed by atoms with Gasteiger partial charge < -0.3 is 34.6 Å². The molecule has 0 aromatic heterocycles. The zero-order valence-electron chi connectivity index (χ0n) is 31.4. The number of carbonyl (C=O) groups is 1. The molecule has 5 fully saturated rings. The lowest BCUT2D eigenvalue weighted by molar-refractivity contribution is -0.248. The molecule has 5 aliphatic carbocycles. The third kappa shape index (κ3) is 5.06. The number of hydrogen-bond acceptors (Lipinski definition) is 8. The van der Waals surface area contributed by atoms with Crippen LogP contribution in [0.5, 0.6) is 0 Å². The highest BCUT2D eigenvalue weighted by atomic mass is 16.5. The van der Waals surface area contributed by atoms with Crippen LogP contribution in [0, 0.1) is 75.9 Å². The lowest BCUT2D eigenvalue weighted by atomic mass is 9.36. The van der Waals surface area contributed by atoms with Crippen molar-refractivity contribution in [1.29, 1.82) is 0 Å². The van der Waals surface area contributed by atoms with E-state index in [1.807, 2.05) is 31.2 Å². The molecule has 1 aromatic carbocycles. The van der Waals surface area contributed by atoms with Gasteiger partial charge in [0, 0.05) is 30.3 Å². The molecule has 8 nitrogen and oxygen atoms in total. The van der Waals surface area contributed by atoms with Gasteiger partial charge in [0.15, 0.2) is 5.78 Å². The first-order valence-electron chi connectivity index (χ1n) is 20.4. The molecule has 4 saturated carbocycles. The largest absolute Gasteiger partial charge is 0.396 e. The maximum Gasteiger partial charge on any atom is 0.159 e. The Morgan fingerprint density at radius 1 is 0.981 bits per heavy atom. The molecule has 10 aliphatic rings. The van der Waals surface area contributed by atoms with E-state index in [1.54, 1.807) is 6.92 Å². The summed E-state index contributed by atoms with van der Waals surface area (Å²) in [5, 5.41) is 47.3. The molecule has 5 aliphatic heterocycles. The van der Waals surface area contributed by atoms with Gasteiger partial charge in [-0.2, -0.15) is 0 Å². The summed E-state index contributed by atoms with van der Waals surface area (Å²) in [6, 6.07) is 10.2. The van der Waals surface area contributed by atoms with Crippen LogP contribution in [0.15, 0.2) is 42.0 Å². The van der Waals surface area contributed by atoms with Gasteiger partial charge in [0.05, 0.1) is 42.0 Å². The minimum Gasteiger partial charge on any atom is -0.396 e. The molecule has 0 amide bonds. The monoisotopic (exact) mass is 724 g/mol. The summed E-state index contributed by atoms with van der Waals surface area (Å²) in [4.78, 5) is 14.6. The SMILES string of the molecule is CC1C(CO)C2OC1C(O)C#CCC1C3CCCC14C(CCC41OCC#CC(c4ccccc4)COC4CCC5(C)C(C4)C(=O)C=C1C35)C(C)(O)C2O. The predicted molar refractivity (Wildman–Crippen MR) is 197 cm³/mol. The van der Waals surface area contributed by atoms with Gasteiger partial charge in [0.1, 0.15) is 18.8 Å². The van der Waals surface area contributed by atoms with Gasteiger partial charge in [-0.1, -0.05) is 68.4 Å². The van der Waals surface area contributed by atoms with E-state index in [1.165, 1.54) is 0 Å². The highest BCUT2D eigenvalue weighted by Crippen LogP contribution is 2.77. The summed E-state index contributed by atoms with van der Waals surface area (Å²) in [5.74, 6) is 12.5. The summed E-state index contributed by atoms with van der Waals surface area (Å²) in [6.45, 7) is 6.38. The maximum atomic E-state index is 14.6. The Hall–Kier alpha value is -2.53. The second-order valence-electron chi connectivity index (χ2n) is 18.4. The molecule has 1 saturated heterocycles. The molecule has 5 heterocycles. The molecule has 17 unspecified atom stereocenters. The van der Waals surface area contributed by atoms with E-state index in [-0.39, 0.29) is 66.0 Å². The number of ketones is 1. The van der Waals surface area contributed by atoms with E-state index >= 15 is 0 Å². The van der Waals surface area contributed by atoms with E-state index in [4.69, 9.17) is 14.2 Å². The highest BCUT2D eigenvalue weighted by Gasteiger charge is 2.77. The molecule has 17 atom stereocenters. The average Bonchev–Trinajstić information content (AvgIpc) is 3.66. The fraction of sp³-hybridized carbons (Fsp3) is 0.711. The van der Waals surface area contributed by atoms with Crippen LogP contribution in [0.2, 0.25) is 0 Å². The lowest BCUT2D eigenvalue weighted by Gasteiger charge is -2.69. The van der Waals surface area contributed by atoms with E-state index in [0.717, 1.165) is 43.2 Å². The van der Waals surface area contributed by atoms with Gasteiger partial charge in [-0.25, -0.2) is 0 Å². The number of aliphatic hydroxyl groups excluding tert-OH is 3. The summed E-state index contributed by atoms with van der Waals surface area (Å²) in [7, 11) is 0. The third-order valence-corrected chi connectivity index (χ3v) is 16.4. The average molecular weight is 725 g/mol. The molecule has 11 rings (SSSR count). The second kappa shape index (κ2) is 13.0. The van der Waals surface area contributed by atoms with Crippen LogP contribution in [-0.2, 0) is 19.0 Å². The normalized spacial score (nSPS) is 51.3. The number of hydrogen-bond donors (Lipinski definition) is 4. The van der Waals surface area contributed by atoms with Crippen molar-refractivity contribution >= 4 is 5.78 Å². The molecule has 1 aromatic rings. The van der Waals surface area contributed by atoms with Crippen molar-refractivity contribution in [3.05, 3.63) is 47.5 Å². The predicted octanol–water partition coefficient (Wildman–Crippen LogP) is 4.58. The van der Waals surface area contributed by atoms with E-state index in [0.29, 0.717) is 32.3 Å². The van der Waals surface area contributed by atoms with Crippen molar-refractivity contribution < 1.29 is 39.4 Å². The molecule has 2 spiro atoms. The van der Waals surface area contributed by atoms with Gasteiger partial charge in [-0.3, -0.25) is 4.79 Å². The quantitative estimate of drug-likeness (QED) is 0.327. The minimum absolute atomic E-state index is 0.00841. The number of aliphatic hydroxyl groups is 4. The highest BCUT2D eigenvalue weighted by molar-refractivity contribution is 5.95. The van der Waals surface area contributed by atoms with Crippen LogP contribution < -0.4 is 0 Å². The molecular formula is C45H56O8. The zero-order valence-corrected chi connectivity index (χ0v) is 31.4. The van der Waals surface area contributed by atoms with Crippen molar-refractivity contribution in [2.75, 3.05) is 19.8 Å². The number of ether oxygens (including phenoxy) is 3. The Labute approximate surface area is 314 Å². The molecule has 0 radical (unpaired) electrons. The van der Waals surface area contributed by atoms with E-state index < -0.39 is 52.9 Å². The van der Waals surface area contributed by atoms with Crippen LogP contribution >= 0.6 is 0 Å². The third-order valence-electron chi connectivity index (χ3n) is 16.4. The van der Waals surface area contributed by atoms with E-state index in [2.05, 4.69) is 42.7 Å². The summed E-state index contributed by atoms with van der Waals surface area (Å²) >= 11 is 0. The number of carbonyl (C=O) groups excluding carboxylic acids is 1. The summed E-state index contributed by atoms with van der Waals surface area (Å²) in [6.07, 6.45) is 4.74. The van der Waals surface area contributed by atoms with Gasteiger partial charge in [-0.05, 0) is 104 Å². The number of allylic oxidation sites excluding steroid dienone is 1. The zero-order chi connectivity index (χ0) is 36.9. The van der Waals surface area contributed by atoms with Crippen molar-refractivity contribution in [2.45, 2.75) is 126 Å². The van der Waals surface area contributed by atoms with Crippen LogP contribution in [0.1, 0.15) is 90.0 Å². The van der Waals surface area contributed by atoms with Crippen LogP contribution in [-0.4, -0.2) is 87.8 Å². The molecule has 4 N–H and O–H groups in total. The molecule has 53 heavy (non-hydrogen) atoms. The first-order valence-corrected chi connectivity index (χ1v) is 20.4. The smallest absolute Gasteiger partial charge is 0.159 e. The number of benzene rings is 1. The summed E-state index contributed by atoms with van der Waals surface area (Å²) in [5.41, 5.74) is -1.33. The Balaban J connectivity index is 1.24. The van der Waals surface area contributed by atoms with Gasteiger partial charge in [0.2, 0.25) is 0 Å². The van der Waals surface area contributed by atoms with Crippen molar-refractivity contribution in [3.63, 3.8) is 0 Å². The molecule has 8 heteroatoms. The minimum atomic E-state index is -1.63. The standard InChI is InChI=1S/C45H56O8/c1-26-31(24-46)40-41(49)43(3,50)37-17-20-45-34-23-36(48)33-22-29(51-25-28(12-9-21-52-45)27-10-5-4-6-11-27)16-19-42(33,2)38(34)30-13-8-18-44(37,45)32(30)14-7-15-35(47)39(26)53-40/h4-6,10-11,23,26,28-33,35,37-41,46-47,49-50H,8,13-14,16-22,24-25H2,1-3H3. The van der Waals surface area contributed by atoms with Crippen molar-refractivity contribution in [2.24, 2.45) is 52.3 Å². The fourth-order valence-corrected chi connectivity index (χ4v) is 14.0. The molecule has 284 valence electrons. The lowest BCUT2D eigenvalue weighted by Crippen LogP contribution is -2.71. The van der Waals surface area contributed by atoms with Crippen molar-refractivity contribution in [1.82, 2.24) is 0 Å². The fourth-order valence-electron chi connectivity index (χ4n) is 14.0. The molecule has 10 bridgehead atoms. The second-order valence-corrected chi connectivity index (χ2v) is 18.4. The van der Waals surface area contributed by atoms with Gasteiger partial charge in [0.25, 0.3) is 0 Å². The summed E-state index contributed by atoms with van der Waals surface area (Å²) < 4.78 is 20.4. The van der Waals surface area contributed by atoms with Crippen LogP contribution in [0.25, 0.3) is 0 Å². The number of rotatable bonds is 2. The Kier molecular flexibility index (Phi) is 8.88. The first kappa shape index (κ1) is 36.1. The van der Waals surface area contributed by atoms with Crippen molar-refractivity contribution in [3.8, 4) is 23.7 Å². The number of fused-ring (bicyclic) bond motifs is 4. The van der Waals surface area contributed by atoms with E-state index in [9.17, 15) is 25.2 Å². The Morgan fingerprint density at radius 2 is 1.79 bits per heavy atom. The Morgan fingerprint density at radius 3 is 2.58 bits per heavy atom. The first-order chi connectivity index (χ1) is 25.5. The van der Waals surface area contributed by atoms with Crippen LogP contribution in [0.4, 0.5) is 0 Å². The van der Waals surface area contributed by atoms with Crippen LogP contribution in [0.3, 0.4) is 0 Å².